The summed E-state index contributed by atoms with van der Waals surface area (Å²) in [6.45, 7) is -0.499. The standard InChI is InChI=1S/C8H13N3O7/c9-11-10-2-4(13)6-5(14)3(12)1-8(17,18-6)7(15)16/h3-6,12-14,17H,1-2H2,(H,15,16)/t3-,4-,5-,6-,8?/m1/s1. The van der Waals surface area contributed by atoms with Crippen molar-refractivity contribution < 1.29 is 35.1 Å². The number of aliphatic hydroxyl groups excluding tert-OH is 3. The molecule has 1 saturated heterocycles. The lowest BCUT2D eigenvalue weighted by Gasteiger charge is -2.41. The zero-order valence-electron chi connectivity index (χ0n) is 9.12. The van der Waals surface area contributed by atoms with E-state index in [-0.39, 0.29) is 0 Å². The number of nitrogens with zero attached hydrogens (tertiary/aromatic N) is 3. The Morgan fingerprint density at radius 3 is 2.72 bits per heavy atom. The van der Waals surface area contributed by atoms with Crippen LogP contribution < -0.4 is 0 Å². The molecule has 1 aliphatic rings. The molecule has 0 saturated carbocycles. The number of aliphatic hydroxyl groups is 4. The zero-order valence-corrected chi connectivity index (χ0v) is 9.12. The Hall–Kier alpha value is -1.42. The van der Waals surface area contributed by atoms with Gasteiger partial charge >= 0.3 is 5.97 Å². The van der Waals surface area contributed by atoms with Crippen LogP contribution in [0.5, 0.6) is 0 Å². The topological polar surface area (TPSA) is 176 Å². The maximum atomic E-state index is 10.8. The number of aliphatic carboxylic acids is 1. The van der Waals surface area contributed by atoms with Crippen LogP contribution in [0.25, 0.3) is 10.4 Å². The van der Waals surface area contributed by atoms with E-state index in [0.717, 1.165) is 0 Å². The van der Waals surface area contributed by atoms with Crippen LogP contribution in [0, 0.1) is 0 Å². The van der Waals surface area contributed by atoms with Crippen LogP contribution in [0.3, 0.4) is 0 Å². The fraction of sp³-hybridized carbons (Fsp3) is 0.875. The van der Waals surface area contributed by atoms with Crippen LogP contribution in [-0.2, 0) is 9.53 Å². The first-order valence-electron chi connectivity index (χ1n) is 5.00. The quantitative estimate of drug-likeness (QED) is 0.220. The highest BCUT2D eigenvalue weighted by molar-refractivity contribution is 5.75. The summed E-state index contributed by atoms with van der Waals surface area (Å²) >= 11 is 0. The summed E-state index contributed by atoms with van der Waals surface area (Å²) < 4.78 is 4.69. The van der Waals surface area contributed by atoms with E-state index in [9.17, 15) is 25.2 Å². The summed E-state index contributed by atoms with van der Waals surface area (Å²) in [6, 6.07) is 0. The second-order valence-corrected chi connectivity index (χ2v) is 3.91. The van der Waals surface area contributed by atoms with Gasteiger partial charge in [0, 0.05) is 11.3 Å². The van der Waals surface area contributed by atoms with Crippen LogP contribution in [0.4, 0.5) is 0 Å². The van der Waals surface area contributed by atoms with Gasteiger partial charge in [-0.2, -0.15) is 0 Å². The van der Waals surface area contributed by atoms with Gasteiger partial charge in [0.1, 0.15) is 12.2 Å². The number of carboxylic acid groups (broad SMARTS) is 1. The summed E-state index contributed by atoms with van der Waals surface area (Å²) in [5.41, 5.74) is 8.07. The first-order chi connectivity index (χ1) is 8.31. The van der Waals surface area contributed by atoms with Crippen LogP contribution >= 0.6 is 0 Å². The molecule has 0 spiro atoms. The number of azide groups is 1. The second kappa shape index (κ2) is 5.48. The van der Waals surface area contributed by atoms with Crippen LogP contribution in [0.2, 0.25) is 0 Å². The summed E-state index contributed by atoms with van der Waals surface area (Å²) in [7, 11) is 0. The van der Waals surface area contributed by atoms with Crippen molar-refractivity contribution in [3.05, 3.63) is 10.4 Å². The summed E-state index contributed by atoms with van der Waals surface area (Å²) in [4.78, 5) is 13.2. The van der Waals surface area contributed by atoms with Crippen molar-refractivity contribution in [1.29, 1.82) is 0 Å². The summed E-state index contributed by atoms with van der Waals surface area (Å²) in [5, 5.41) is 49.9. The molecule has 0 aliphatic carbocycles. The molecule has 1 aliphatic heterocycles. The first-order valence-corrected chi connectivity index (χ1v) is 5.00. The fourth-order valence-corrected chi connectivity index (χ4v) is 1.63. The molecule has 10 heteroatoms. The van der Waals surface area contributed by atoms with E-state index < -0.39 is 49.1 Å². The highest BCUT2D eigenvalue weighted by Gasteiger charge is 2.52. The lowest BCUT2D eigenvalue weighted by Crippen LogP contribution is -2.61. The number of ether oxygens (including phenoxy) is 1. The van der Waals surface area contributed by atoms with Gasteiger partial charge in [-0.3, -0.25) is 0 Å². The Morgan fingerprint density at radius 2 is 2.22 bits per heavy atom. The van der Waals surface area contributed by atoms with E-state index in [1.54, 1.807) is 0 Å². The molecule has 5 atom stereocenters. The maximum Gasteiger partial charge on any atom is 0.364 e. The van der Waals surface area contributed by atoms with Gasteiger partial charge in [0.25, 0.3) is 5.79 Å². The van der Waals surface area contributed by atoms with Crippen LogP contribution in [0.1, 0.15) is 6.42 Å². The molecule has 0 bridgehead atoms. The molecule has 5 N–H and O–H groups in total. The fourth-order valence-electron chi connectivity index (χ4n) is 1.63. The van der Waals surface area contributed by atoms with E-state index in [2.05, 4.69) is 14.8 Å². The molecule has 102 valence electrons. The largest absolute Gasteiger partial charge is 0.477 e. The predicted molar refractivity (Wildman–Crippen MR) is 54.1 cm³/mol. The van der Waals surface area contributed by atoms with Gasteiger partial charge in [0.2, 0.25) is 0 Å². The van der Waals surface area contributed by atoms with Crippen LogP contribution in [-0.4, -0.2) is 68.2 Å². The minimum absolute atomic E-state index is 0.499. The molecule has 18 heavy (non-hydrogen) atoms. The highest BCUT2D eigenvalue weighted by atomic mass is 16.7. The van der Waals surface area contributed by atoms with Crippen molar-refractivity contribution in [1.82, 2.24) is 0 Å². The molecular weight excluding hydrogens is 250 g/mol. The summed E-state index contributed by atoms with van der Waals surface area (Å²) in [6.07, 6.45) is -7.08. The van der Waals surface area contributed by atoms with Gasteiger partial charge in [0.15, 0.2) is 0 Å². The number of carboxylic acids is 1. The number of carbonyl (C=O) groups is 1. The number of rotatable bonds is 4. The minimum Gasteiger partial charge on any atom is -0.477 e. The van der Waals surface area contributed by atoms with Crippen molar-refractivity contribution in [2.75, 3.05) is 6.54 Å². The van der Waals surface area contributed by atoms with Crippen molar-refractivity contribution in [3.63, 3.8) is 0 Å². The lowest BCUT2D eigenvalue weighted by atomic mass is 9.92. The third kappa shape index (κ3) is 2.88. The Morgan fingerprint density at radius 1 is 1.61 bits per heavy atom. The molecule has 0 aromatic carbocycles. The molecule has 10 nitrogen and oxygen atoms in total. The molecule has 0 aromatic rings. The Balaban J connectivity index is 2.88. The van der Waals surface area contributed by atoms with Crippen molar-refractivity contribution in [2.45, 2.75) is 36.6 Å². The second-order valence-electron chi connectivity index (χ2n) is 3.91. The van der Waals surface area contributed by atoms with Gasteiger partial charge in [-0.25, -0.2) is 4.79 Å². The van der Waals surface area contributed by atoms with Gasteiger partial charge in [-0.1, -0.05) is 5.11 Å². The lowest BCUT2D eigenvalue weighted by molar-refractivity contribution is -0.306. The van der Waals surface area contributed by atoms with E-state index in [4.69, 9.17) is 10.6 Å². The molecule has 1 heterocycles. The van der Waals surface area contributed by atoms with E-state index in [1.165, 1.54) is 0 Å². The van der Waals surface area contributed by atoms with Crippen LogP contribution in [0.15, 0.2) is 5.11 Å². The first kappa shape index (κ1) is 14.6. The Labute approximate surface area is 101 Å². The van der Waals surface area contributed by atoms with Crippen molar-refractivity contribution in [3.8, 4) is 0 Å². The number of hydrogen-bond acceptors (Lipinski definition) is 7. The summed E-state index contributed by atoms with van der Waals surface area (Å²) in [5.74, 6) is -4.46. The molecule has 0 radical (unpaired) electrons. The Kier molecular flexibility index (Phi) is 4.46. The van der Waals surface area contributed by atoms with Crippen molar-refractivity contribution in [2.24, 2.45) is 5.11 Å². The molecule has 1 rings (SSSR count). The highest BCUT2D eigenvalue weighted by Crippen LogP contribution is 2.29. The normalized spacial score (nSPS) is 37.7. The molecule has 0 aromatic heterocycles. The van der Waals surface area contributed by atoms with Crippen molar-refractivity contribution >= 4 is 5.97 Å². The van der Waals surface area contributed by atoms with E-state index >= 15 is 0 Å². The predicted octanol–water partition coefficient (Wildman–Crippen LogP) is -2.06. The van der Waals surface area contributed by atoms with E-state index in [1.807, 2.05) is 0 Å². The van der Waals surface area contributed by atoms with Gasteiger partial charge in [0.05, 0.1) is 18.8 Å². The minimum atomic E-state index is -2.71. The SMILES string of the molecule is [N-]=[N+]=NC[C@@H](O)[C@H]1OC(O)(C(=O)O)C[C@@H](O)[C@H]1O. The zero-order chi connectivity index (χ0) is 13.9. The monoisotopic (exact) mass is 263 g/mol. The molecule has 0 amide bonds. The third-order valence-corrected chi connectivity index (χ3v) is 2.59. The number of hydrogen-bond donors (Lipinski definition) is 5. The molecule has 1 unspecified atom stereocenters. The molecule has 1 fully saturated rings. The smallest absolute Gasteiger partial charge is 0.364 e. The van der Waals surface area contributed by atoms with Gasteiger partial charge < -0.3 is 30.3 Å². The third-order valence-electron chi connectivity index (χ3n) is 2.59. The van der Waals surface area contributed by atoms with Gasteiger partial charge in [-0.05, 0) is 5.53 Å². The maximum absolute atomic E-state index is 10.8. The molecular formula is C8H13N3O7. The Bertz CT molecular complexity index is 372. The average molecular weight is 263 g/mol. The van der Waals surface area contributed by atoms with E-state index in [0.29, 0.717) is 0 Å². The average Bonchev–Trinajstić information content (AvgIpc) is 2.30. The van der Waals surface area contributed by atoms with Gasteiger partial charge in [-0.15, -0.1) is 0 Å².